The second kappa shape index (κ2) is 3.94. The molecule has 0 aliphatic rings. The molecule has 5 nitrogen and oxygen atoms in total. The van der Waals surface area contributed by atoms with Crippen LogP contribution in [-0.2, 0) is 11.8 Å². The fourth-order valence-corrected chi connectivity index (χ4v) is 1.08. The number of nitriles is 1. The molecule has 0 amide bonds. The molecule has 0 aliphatic heterocycles. The molecule has 0 bridgehead atoms. The van der Waals surface area contributed by atoms with Gasteiger partial charge >= 0.3 is 5.97 Å². The maximum Gasteiger partial charge on any atom is 0.346 e. The summed E-state index contributed by atoms with van der Waals surface area (Å²) in [5, 5.41) is 21.2. The molecular formula is C8H6ClN3O2. The first-order valence-electron chi connectivity index (χ1n) is 3.59. The van der Waals surface area contributed by atoms with Crippen LogP contribution in [0.4, 0.5) is 0 Å². The summed E-state index contributed by atoms with van der Waals surface area (Å²) in [6, 6.07) is 1.56. The van der Waals surface area contributed by atoms with E-state index in [0.717, 1.165) is 0 Å². The van der Waals surface area contributed by atoms with Crippen molar-refractivity contribution >= 4 is 23.6 Å². The minimum Gasteiger partial charge on any atom is -0.477 e. The molecule has 0 fully saturated rings. The number of hydrogen-bond donors (Lipinski definition) is 1. The van der Waals surface area contributed by atoms with Crippen molar-refractivity contribution in [2.24, 2.45) is 7.05 Å². The Kier molecular flexibility index (Phi) is 2.89. The van der Waals surface area contributed by atoms with Crippen molar-refractivity contribution < 1.29 is 9.90 Å². The van der Waals surface area contributed by atoms with E-state index in [1.165, 1.54) is 17.0 Å². The van der Waals surface area contributed by atoms with Crippen LogP contribution in [0.5, 0.6) is 0 Å². The SMILES string of the molecule is Cn1ncc(Cl)c1/C=C(/C#N)C(=O)O. The molecule has 1 aromatic rings. The maximum atomic E-state index is 10.5. The summed E-state index contributed by atoms with van der Waals surface area (Å²) in [4.78, 5) is 10.5. The van der Waals surface area contributed by atoms with Crippen LogP contribution < -0.4 is 0 Å². The summed E-state index contributed by atoms with van der Waals surface area (Å²) in [6.07, 6.45) is 2.56. The van der Waals surface area contributed by atoms with Crippen molar-refractivity contribution in [1.29, 1.82) is 5.26 Å². The van der Waals surface area contributed by atoms with E-state index in [0.29, 0.717) is 10.7 Å². The third-order valence-electron chi connectivity index (χ3n) is 1.57. The Morgan fingerprint density at radius 3 is 2.86 bits per heavy atom. The second-order valence-electron chi connectivity index (χ2n) is 2.48. The largest absolute Gasteiger partial charge is 0.477 e. The van der Waals surface area contributed by atoms with Crippen LogP contribution in [0.25, 0.3) is 6.08 Å². The molecular weight excluding hydrogens is 206 g/mol. The lowest BCUT2D eigenvalue weighted by atomic mass is 10.2. The van der Waals surface area contributed by atoms with Crippen molar-refractivity contribution in [3.8, 4) is 6.07 Å². The van der Waals surface area contributed by atoms with Gasteiger partial charge in [0, 0.05) is 7.05 Å². The van der Waals surface area contributed by atoms with E-state index >= 15 is 0 Å². The van der Waals surface area contributed by atoms with E-state index in [1.807, 2.05) is 0 Å². The number of rotatable bonds is 2. The van der Waals surface area contributed by atoms with E-state index in [9.17, 15) is 4.79 Å². The van der Waals surface area contributed by atoms with Crippen LogP contribution in [0, 0.1) is 11.3 Å². The molecule has 1 aromatic heterocycles. The molecule has 0 aromatic carbocycles. The van der Waals surface area contributed by atoms with Crippen molar-refractivity contribution in [2.45, 2.75) is 0 Å². The molecule has 0 spiro atoms. The van der Waals surface area contributed by atoms with Gasteiger partial charge in [0.25, 0.3) is 0 Å². The molecule has 0 saturated carbocycles. The Morgan fingerprint density at radius 2 is 2.50 bits per heavy atom. The lowest BCUT2D eigenvalue weighted by Crippen LogP contribution is -2.00. The van der Waals surface area contributed by atoms with Crippen LogP contribution in [-0.4, -0.2) is 20.9 Å². The van der Waals surface area contributed by atoms with Gasteiger partial charge in [0.05, 0.1) is 16.9 Å². The summed E-state index contributed by atoms with van der Waals surface area (Å²) in [5.41, 5.74) is 0.0149. The molecule has 0 aliphatic carbocycles. The molecule has 0 atom stereocenters. The zero-order valence-corrected chi connectivity index (χ0v) is 7.99. The van der Waals surface area contributed by atoms with Crippen LogP contribution in [0.1, 0.15) is 5.69 Å². The Labute approximate surface area is 84.8 Å². The number of aryl methyl sites for hydroxylation is 1. The van der Waals surface area contributed by atoms with Gasteiger partial charge in [-0.05, 0) is 6.08 Å². The van der Waals surface area contributed by atoms with E-state index in [2.05, 4.69) is 5.10 Å². The Bertz CT molecular complexity index is 422. The summed E-state index contributed by atoms with van der Waals surface area (Å²) < 4.78 is 1.39. The number of nitrogens with zero attached hydrogens (tertiary/aromatic N) is 3. The third kappa shape index (κ3) is 1.92. The van der Waals surface area contributed by atoms with Crippen LogP contribution >= 0.6 is 11.6 Å². The van der Waals surface area contributed by atoms with Gasteiger partial charge < -0.3 is 5.11 Å². The van der Waals surface area contributed by atoms with Gasteiger partial charge in [-0.25, -0.2) is 4.79 Å². The molecule has 0 radical (unpaired) electrons. The van der Waals surface area contributed by atoms with E-state index < -0.39 is 5.97 Å². The van der Waals surface area contributed by atoms with Gasteiger partial charge in [-0.2, -0.15) is 10.4 Å². The number of carboxylic acids is 1. The first kappa shape index (κ1) is 10.3. The van der Waals surface area contributed by atoms with Crippen LogP contribution in [0.2, 0.25) is 5.02 Å². The number of aliphatic carboxylic acids is 1. The summed E-state index contributed by atoms with van der Waals surface area (Å²) in [6.45, 7) is 0. The zero-order valence-electron chi connectivity index (χ0n) is 7.23. The highest BCUT2D eigenvalue weighted by Crippen LogP contribution is 2.17. The van der Waals surface area contributed by atoms with Gasteiger partial charge in [0.15, 0.2) is 0 Å². The molecule has 6 heteroatoms. The molecule has 14 heavy (non-hydrogen) atoms. The van der Waals surface area contributed by atoms with Gasteiger partial charge in [-0.1, -0.05) is 11.6 Å². The number of hydrogen-bond acceptors (Lipinski definition) is 3. The minimum absolute atomic E-state index is 0.307. The maximum absolute atomic E-state index is 10.5. The van der Waals surface area contributed by atoms with Gasteiger partial charge in [0.1, 0.15) is 11.6 Å². The molecule has 0 saturated heterocycles. The fourth-order valence-electron chi connectivity index (χ4n) is 0.861. The Hall–Kier alpha value is -1.80. The first-order valence-corrected chi connectivity index (χ1v) is 3.96. The lowest BCUT2D eigenvalue weighted by Gasteiger charge is -1.95. The topological polar surface area (TPSA) is 78.9 Å². The quantitative estimate of drug-likeness (QED) is 0.586. The average molecular weight is 212 g/mol. The highest BCUT2D eigenvalue weighted by atomic mass is 35.5. The summed E-state index contributed by atoms with van der Waals surface area (Å²) >= 11 is 5.72. The summed E-state index contributed by atoms with van der Waals surface area (Å²) in [5.74, 6) is -1.29. The number of carboxylic acid groups (broad SMARTS) is 1. The van der Waals surface area contributed by atoms with Crippen molar-refractivity contribution in [3.63, 3.8) is 0 Å². The van der Waals surface area contributed by atoms with Crippen molar-refractivity contribution in [2.75, 3.05) is 0 Å². The molecule has 0 unspecified atom stereocenters. The monoisotopic (exact) mass is 211 g/mol. The molecule has 1 heterocycles. The number of aromatic nitrogens is 2. The number of halogens is 1. The first-order chi connectivity index (χ1) is 6.56. The van der Waals surface area contributed by atoms with Crippen LogP contribution in [0.3, 0.4) is 0 Å². The Morgan fingerprint density at radius 1 is 1.86 bits per heavy atom. The highest BCUT2D eigenvalue weighted by molar-refractivity contribution is 6.31. The predicted molar refractivity (Wildman–Crippen MR) is 49.4 cm³/mol. The van der Waals surface area contributed by atoms with Gasteiger partial charge in [0.2, 0.25) is 0 Å². The Balaban J connectivity index is 3.20. The normalized spacial score (nSPS) is 11.1. The smallest absolute Gasteiger partial charge is 0.346 e. The van der Waals surface area contributed by atoms with Gasteiger partial charge in [-0.3, -0.25) is 4.68 Å². The highest BCUT2D eigenvalue weighted by Gasteiger charge is 2.10. The van der Waals surface area contributed by atoms with E-state index in [4.69, 9.17) is 22.0 Å². The second-order valence-corrected chi connectivity index (χ2v) is 2.88. The van der Waals surface area contributed by atoms with E-state index in [1.54, 1.807) is 13.1 Å². The van der Waals surface area contributed by atoms with Crippen molar-refractivity contribution in [3.05, 3.63) is 22.5 Å². The molecule has 1 N–H and O–H groups in total. The van der Waals surface area contributed by atoms with Crippen molar-refractivity contribution in [1.82, 2.24) is 9.78 Å². The fraction of sp³-hybridized carbons (Fsp3) is 0.125. The minimum atomic E-state index is -1.29. The predicted octanol–water partition coefficient (Wildman–Crippen LogP) is 1.07. The lowest BCUT2D eigenvalue weighted by molar-refractivity contribution is -0.132. The molecule has 72 valence electrons. The number of carbonyl (C=O) groups is 1. The zero-order chi connectivity index (χ0) is 10.7. The van der Waals surface area contributed by atoms with Gasteiger partial charge in [-0.15, -0.1) is 0 Å². The summed E-state index contributed by atoms with van der Waals surface area (Å²) in [7, 11) is 1.61. The third-order valence-corrected chi connectivity index (χ3v) is 1.86. The van der Waals surface area contributed by atoms with Crippen LogP contribution in [0.15, 0.2) is 11.8 Å². The average Bonchev–Trinajstić information content (AvgIpc) is 2.43. The van der Waals surface area contributed by atoms with E-state index in [-0.39, 0.29) is 5.57 Å². The standard InChI is InChI=1S/C8H6ClN3O2/c1-12-7(6(9)4-11-12)2-5(3-10)8(13)14/h2,4H,1H3,(H,13,14)/b5-2-. The molecule has 1 rings (SSSR count).